The molecule has 0 aliphatic heterocycles. The zero-order valence-electron chi connectivity index (χ0n) is 12.2. The standard InChI is InChI=1S/C17H15N3O2S/c18-17(23)20-19-12-14-6-9-15(10-7-14)22-16(21)11-8-13-4-2-1-3-5-13/h1-12H,(H3,18,20,23). The summed E-state index contributed by atoms with van der Waals surface area (Å²) in [6.45, 7) is 0. The molecule has 0 fully saturated rings. The number of thiocarbonyl (C=S) groups is 1. The Kier molecular flexibility index (Phi) is 6.02. The minimum absolute atomic E-state index is 0.0944. The molecule has 6 heteroatoms. The first-order valence-electron chi connectivity index (χ1n) is 6.77. The highest BCUT2D eigenvalue weighted by atomic mass is 32.1. The van der Waals surface area contributed by atoms with Crippen molar-refractivity contribution >= 4 is 35.6 Å². The number of carbonyl (C=O) groups excluding carboxylic acids is 1. The van der Waals surface area contributed by atoms with Gasteiger partial charge in [0.25, 0.3) is 0 Å². The van der Waals surface area contributed by atoms with Crippen LogP contribution in [0.15, 0.2) is 65.8 Å². The third kappa shape index (κ3) is 6.11. The molecule has 0 spiro atoms. The Bertz CT molecular complexity index is 725. The topological polar surface area (TPSA) is 76.7 Å². The highest BCUT2D eigenvalue weighted by Crippen LogP contribution is 2.12. The fourth-order valence-corrected chi connectivity index (χ4v) is 1.72. The molecular formula is C17H15N3O2S. The van der Waals surface area contributed by atoms with Gasteiger partial charge in [-0.15, -0.1) is 0 Å². The van der Waals surface area contributed by atoms with Crippen LogP contribution >= 0.6 is 12.2 Å². The van der Waals surface area contributed by atoms with Gasteiger partial charge in [0.2, 0.25) is 0 Å². The fraction of sp³-hybridized carbons (Fsp3) is 0. The Morgan fingerprint density at radius 2 is 1.78 bits per heavy atom. The Morgan fingerprint density at radius 1 is 1.09 bits per heavy atom. The summed E-state index contributed by atoms with van der Waals surface area (Å²) in [5.41, 5.74) is 9.45. The van der Waals surface area contributed by atoms with Crippen molar-refractivity contribution in [3.63, 3.8) is 0 Å². The van der Waals surface area contributed by atoms with E-state index in [9.17, 15) is 4.79 Å². The SMILES string of the molecule is NC(=S)NN=Cc1ccc(OC(=O)C=Cc2ccccc2)cc1. The minimum atomic E-state index is -0.439. The van der Waals surface area contributed by atoms with Gasteiger partial charge >= 0.3 is 5.97 Å². The molecule has 0 atom stereocenters. The number of nitrogens with two attached hydrogens (primary N) is 1. The molecule has 2 aromatic rings. The molecule has 2 aromatic carbocycles. The van der Waals surface area contributed by atoms with Gasteiger partial charge in [-0.05, 0) is 53.7 Å². The molecule has 0 aliphatic carbocycles. The van der Waals surface area contributed by atoms with Crippen LogP contribution in [0.2, 0.25) is 0 Å². The smallest absolute Gasteiger partial charge is 0.336 e. The predicted molar refractivity (Wildman–Crippen MR) is 95.1 cm³/mol. The van der Waals surface area contributed by atoms with E-state index in [1.807, 2.05) is 30.3 Å². The number of rotatable bonds is 5. The Labute approximate surface area is 139 Å². The molecule has 0 bridgehead atoms. The molecule has 0 saturated heterocycles. The molecule has 0 aromatic heterocycles. The fourth-order valence-electron chi connectivity index (χ4n) is 1.67. The van der Waals surface area contributed by atoms with Crippen molar-refractivity contribution in [2.45, 2.75) is 0 Å². The van der Waals surface area contributed by atoms with Crippen LogP contribution in [-0.2, 0) is 4.79 Å². The summed E-state index contributed by atoms with van der Waals surface area (Å²) in [5.74, 6) is 0.0117. The molecule has 0 unspecified atom stereocenters. The summed E-state index contributed by atoms with van der Waals surface area (Å²) in [6, 6.07) is 16.4. The summed E-state index contributed by atoms with van der Waals surface area (Å²) in [4.78, 5) is 11.7. The largest absolute Gasteiger partial charge is 0.423 e. The van der Waals surface area contributed by atoms with Crippen LogP contribution in [0, 0.1) is 0 Å². The maximum atomic E-state index is 11.7. The summed E-state index contributed by atoms with van der Waals surface area (Å²) in [7, 11) is 0. The van der Waals surface area contributed by atoms with Crippen LogP contribution in [0.4, 0.5) is 0 Å². The van der Waals surface area contributed by atoms with Crippen LogP contribution in [0.25, 0.3) is 6.08 Å². The minimum Gasteiger partial charge on any atom is -0.423 e. The van der Waals surface area contributed by atoms with E-state index >= 15 is 0 Å². The van der Waals surface area contributed by atoms with E-state index in [1.165, 1.54) is 6.08 Å². The van der Waals surface area contributed by atoms with E-state index in [0.29, 0.717) is 5.75 Å². The first kappa shape index (κ1) is 16.4. The highest BCUT2D eigenvalue weighted by Gasteiger charge is 2.00. The van der Waals surface area contributed by atoms with Gasteiger partial charge in [-0.3, -0.25) is 5.43 Å². The van der Waals surface area contributed by atoms with Crippen molar-refractivity contribution in [1.82, 2.24) is 5.43 Å². The van der Waals surface area contributed by atoms with Gasteiger partial charge in [-0.2, -0.15) is 5.10 Å². The number of carbonyl (C=O) groups is 1. The van der Waals surface area contributed by atoms with Crippen LogP contribution < -0.4 is 15.9 Å². The van der Waals surface area contributed by atoms with E-state index in [1.54, 1.807) is 36.6 Å². The van der Waals surface area contributed by atoms with Crippen molar-refractivity contribution in [1.29, 1.82) is 0 Å². The number of hydrazone groups is 1. The molecule has 0 aliphatic rings. The van der Waals surface area contributed by atoms with E-state index in [-0.39, 0.29) is 5.11 Å². The molecule has 0 heterocycles. The average Bonchev–Trinajstić information content (AvgIpc) is 2.55. The maximum Gasteiger partial charge on any atom is 0.336 e. The van der Waals surface area contributed by atoms with E-state index in [4.69, 9.17) is 10.5 Å². The second-order valence-electron chi connectivity index (χ2n) is 4.47. The molecule has 0 radical (unpaired) electrons. The lowest BCUT2D eigenvalue weighted by Gasteiger charge is -2.01. The summed E-state index contributed by atoms with van der Waals surface area (Å²) in [6.07, 6.45) is 4.64. The van der Waals surface area contributed by atoms with Crippen molar-refractivity contribution in [2.24, 2.45) is 10.8 Å². The number of esters is 1. The van der Waals surface area contributed by atoms with E-state index in [2.05, 4.69) is 22.7 Å². The Balaban J connectivity index is 1.90. The van der Waals surface area contributed by atoms with Gasteiger partial charge in [-0.25, -0.2) is 4.79 Å². The lowest BCUT2D eigenvalue weighted by molar-refractivity contribution is -0.128. The molecule has 23 heavy (non-hydrogen) atoms. The Morgan fingerprint density at radius 3 is 2.43 bits per heavy atom. The molecule has 0 saturated carbocycles. The summed E-state index contributed by atoms with van der Waals surface area (Å²) >= 11 is 4.63. The van der Waals surface area contributed by atoms with Crippen molar-refractivity contribution in [2.75, 3.05) is 0 Å². The lowest BCUT2D eigenvalue weighted by Crippen LogP contribution is -2.23. The summed E-state index contributed by atoms with van der Waals surface area (Å²) < 4.78 is 5.21. The normalized spacial score (nSPS) is 10.8. The second-order valence-corrected chi connectivity index (χ2v) is 4.91. The van der Waals surface area contributed by atoms with Crippen LogP contribution in [0.5, 0.6) is 5.75 Å². The maximum absolute atomic E-state index is 11.7. The van der Waals surface area contributed by atoms with Gasteiger partial charge in [0.15, 0.2) is 5.11 Å². The number of hydrogen-bond donors (Lipinski definition) is 2. The van der Waals surface area contributed by atoms with Gasteiger partial charge in [0.05, 0.1) is 6.21 Å². The zero-order valence-corrected chi connectivity index (χ0v) is 13.0. The first-order chi connectivity index (χ1) is 11.1. The molecule has 3 N–H and O–H groups in total. The second kappa shape index (κ2) is 8.45. The average molecular weight is 325 g/mol. The zero-order chi connectivity index (χ0) is 16.5. The number of benzene rings is 2. The number of ether oxygens (including phenoxy) is 1. The number of nitrogens with zero attached hydrogens (tertiary/aromatic N) is 1. The van der Waals surface area contributed by atoms with Gasteiger partial charge in [-0.1, -0.05) is 30.3 Å². The van der Waals surface area contributed by atoms with Gasteiger partial charge < -0.3 is 10.5 Å². The molecule has 5 nitrogen and oxygen atoms in total. The quantitative estimate of drug-likeness (QED) is 0.221. The number of hydrogen-bond acceptors (Lipinski definition) is 4. The van der Waals surface area contributed by atoms with Crippen molar-refractivity contribution in [3.05, 3.63) is 71.8 Å². The van der Waals surface area contributed by atoms with Crippen LogP contribution in [0.1, 0.15) is 11.1 Å². The van der Waals surface area contributed by atoms with Gasteiger partial charge in [0.1, 0.15) is 5.75 Å². The molecule has 116 valence electrons. The lowest BCUT2D eigenvalue weighted by atomic mass is 10.2. The van der Waals surface area contributed by atoms with Crippen molar-refractivity contribution in [3.8, 4) is 5.75 Å². The van der Waals surface area contributed by atoms with E-state index < -0.39 is 5.97 Å². The van der Waals surface area contributed by atoms with Gasteiger partial charge in [0, 0.05) is 6.08 Å². The Hall–Kier alpha value is -2.99. The third-order valence-corrected chi connectivity index (χ3v) is 2.79. The molecule has 2 rings (SSSR count). The monoisotopic (exact) mass is 325 g/mol. The first-order valence-corrected chi connectivity index (χ1v) is 7.18. The van der Waals surface area contributed by atoms with E-state index in [0.717, 1.165) is 11.1 Å². The predicted octanol–water partition coefficient (Wildman–Crippen LogP) is 2.47. The van der Waals surface area contributed by atoms with Crippen molar-refractivity contribution < 1.29 is 9.53 Å². The molecular weight excluding hydrogens is 310 g/mol. The highest BCUT2D eigenvalue weighted by molar-refractivity contribution is 7.80. The molecule has 0 amide bonds. The summed E-state index contributed by atoms with van der Waals surface area (Å²) in [5, 5.41) is 3.93. The third-order valence-electron chi connectivity index (χ3n) is 2.70. The van der Waals surface area contributed by atoms with Crippen LogP contribution in [-0.4, -0.2) is 17.3 Å². The van der Waals surface area contributed by atoms with Crippen LogP contribution in [0.3, 0.4) is 0 Å². The number of nitrogens with one attached hydrogen (secondary N) is 1.